The van der Waals surface area contributed by atoms with E-state index in [0.29, 0.717) is 24.7 Å². The van der Waals surface area contributed by atoms with Crippen molar-refractivity contribution in [3.8, 4) is 0 Å². The predicted molar refractivity (Wildman–Crippen MR) is 82.3 cm³/mol. The number of anilines is 1. The second kappa shape index (κ2) is 7.59. The minimum atomic E-state index is -3.50. The molecule has 0 unspecified atom stereocenters. The monoisotopic (exact) mass is 299 g/mol. The molecule has 1 aromatic heterocycles. The molecule has 0 radical (unpaired) electrons. The highest BCUT2D eigenvalue weighted by Crippen LogP contribution is 2.24. The number of hydrogen-bond donors (Lipinski definition) is 1. The molecule has 0 amide bonds. The minimum Gasteiger partial charge on any atom is -0.387 e. The minimum absolute atomic E-state index is 0.246. The molecule has 0 spiro atoms. The van der Waals surface area contributed by atoms with Gasteiger partial charge in [-0.2, -0.15) is 4.31 Å². The van der Waals surface area contributed by atoms with Crippen LogP contribution in [0.4, 0.5) is 5.69 Å². The standard InChI is InChI=1S/C14H25N3O2S/c1-5-12(6-2)11-17(7-3)20(18,19)14-10-16-9-8-13(14)15-4/h8-10,12H,5-7,11H2,1-4H3,(H,15,16). The van der Waals surface area contributed by atoms with E-state index in [1.807, 2.05) is 6.92 Å². The number of rotatable bonds is 8. The molecule has 1 N–H and O–H groups in total. The van der Waals surface area contributed by atoms with Crippen LogP contribution in [-0.4, -0.2) is 37.8 Å². The second-order valence-electron chi connectivity index (χ2n) is 4.76. The van der Waals surface area contributed by atoms with E-state index in [4.69, 9.17) is 0 Å². The molecular weight excluding hydrogens is 274 g/mol. The average Bonchev–Trinajstić information content (AvgIpc) is 2.48. The lowest BCUT2D eigenvalue weighted by molar-refractivity contribution is 0.339. The summed E-state index contributed by atoms with van der Waals surface area (Å²) in [6.07, 6.45) is 4.96. The maximum Gasteiger partial charge on any atom is 0.246 e. The smallest absolute Gasteiger partial charge is 0.246 e. The topological polar surface area (TPSA) is 62.3 Å². The highest BCUT2D eigenvalue weighted by Gasteiger charge is 2.27. The van der Waals surface area contributed by atoms with E-state index >= 15 is 0 Å². The Balaban J connectivity index is 3.12. The van der Waals surface area contributed by atoms with Crippen molar-refractivity contribution in [1.29, 1.82) is 0 Å². The summed E-state index contributed by atoms with van der Waals surface area (Å²) in [7, 11) is -1.79. The van der Waals surface area contributed by atoms with Crippen molar-refractivity contribution in [2.24, 2.45) is 5.92 Å². The van der Waals surface area contributed by atoms with Gasteiger partial charge in [0.15, 0.2) is 0 Å². The molecule has 0 fully saturated rings. The van der Waals surface area contributed by atoms with Crippen molar-refractivity contribution in [3.05, 3.63) is 18.5 Å². The van der Waals surface area contributed by atoms with Gasteiger partial charge in [-0.25, -0.2) is 8.42 Å². The van der Waals surface area contributed by atoms with Gasteiger partial charge >= 0.3 is 0 Å². The third-order valence-electron chi connectivity index (χ3n) is 3.64. The highest BCUT2D eigenvalue weighted by molar-refractivity contribution is 7.89. The van der Waals surface area contributed by atoms with Crippen molar-refractivity contribution < 1.29 is 8.42 Å². The lowest BCUT2D eigenvalue weighted by atomic mass is 10.0. The first-order valence-electron chi connectivity index (χ1n) is 7.13. The molecule has 0 aliphatic carbocycles. The average molecular weight is 299 g/mol. The van der Waals surface area contributed by atoms with Gasteiger partial charge in [0.1, 0.15) is 4.90 Å². The highest BCUT2D eigenvalue weighted by atomic mass is 32.2. The van der Waals surface area contributed by atoms with Crippen molar-refractivity contribution in [1.82, 2.24) is 9.29 Å². The van der Waals surface area contributed by atoms with E-state index in [1.165, 1.54) is 6.20 Å². The Morgan fingerprint density at radius 1 is 1.30 bits per heavy atom. The Bertz CT molecular complexity index is 513. The molecule has 0 aliphatic rings. The third kappa shape index (κ3) is 3.70. The first-order valence-corrected chi connectivity index (χ1v) is 8.57. The summed E-state index contributed by atoms with van der Waals surface area (Å²) in [6, 6.07) is 1.68. The van der Waals surface area contributed by atoms with Crippen LogP contribution in [0.15, 0.2) is 23.4 Å². The molecule has 6 heteroatoms. The second-order valence-corrected chi connectivity index (χ2v) is 6.67. The molecular formula is C14H25N3O2S. The molecule has 0 saturated heterocycles. The van der Waals surface area contributed by atoms with Crippen molar-refractivity contribution >= 4 is 15.7 Å². The molecule has 1 heterocycles. The van der Waals surface area contributed by atoms with Gasteiger partial charge < -0.3 is 5.32 Å². The summed E-state index contributed by atoms with van der Waals surface area (Å²) >= 11 is 0. The van der Waals surface area contributed by atoms with Crippen molar-refractivity contribution in [3.63, 3.8) is 0 Å². The summed E-state index contributed by atoms with van der Waals surface area (Å²) in [5, 5.41) is 2.92. The molecule has 0 bridgehead atoms. The fourth-order valence-corrected chi connectivity index (χ4v) is 3.83. The van der Waals surface area contributed by atoms with Crippen molar-refractivity contribution in [2.75, 3.05) is 25.5 Å². The van der Waals surface area contributed by atoms with Crippen LogP contribution in [0.2, 0.25) is 0 Å². The zero-order valence-corrected chi connectivity index (χ0v) is 13.6. The Morgan fingerprint density at radius 3 is 2.45 bits per heavy atom. The molecule has 0 saturated carbocycles. The van der Waals surface area contributed by atoms with Crippen LogP contribution in [0.5, 0.6) is 0 Å². The molecule has 0 aliphatic heterocycles. The Labute approximate surface area is 122 Å². The maximum atomic E-state index is 12.8. The number of pyridine rings is 1. The molecule has 1 rings (SSSR count). The largest absolute Gasteiger partial charge is 0.387 e. The molecule has 20 heavy (non-hydrogen) atoms. The Kier molecular flexibility index (Phi) is 6.42. The van der Waals surface area contributed by atoms with E-state index in [1.54, 1.807) is 23.6 Å². The Hall–Kier alpha value is -1.14. The molecule has 114 valence electrons. The van der Waals surface area contributed by atoms with Gasteiger partial charge in [0.05, 0.1) is 5.69 Å². The van der Waals surface area contributed by atoms with Gasteiger partial charge in [-0.05, 0) is 12.0 Å². The van der Waals surface area contributed by atoms with Crippen LogP contribution in [0, 0.1) is 5.92 Å². The zero-order valence-electron chi connectivity index (χ0n) is 12.8. The fourth-order valence-electron chi connectivity index (χ4n) is 2.16. The van der Waals surface area contributed by atoms with Gasteiger partial charge in [-0.3, -0.25) is 4.98 Å². The van der Waals surface area contributed by atoms with Gasteiger partial charge in [0.2, 0.25) is 10.0 Å². The first kappa shape index (κ1) is 16.9. The molecule has 1 aromatic rings. The van der Waals surface area contributed by atoms with E-state index in [0.717, 1.165) is 12.8 Å². The maximum absolute atomic E-state index is 12.8. The van der Waals surface area contributed by atoms with Crippen LogP contribution in [0.25, 0.3) is 0 Å². The number of nitrogens with zero attached hydrogens (tertiary/aromatic N) is 2. The first-order chi connectivity index (χ1) is 9.51. The lowest BCUT2D eigenvalue weighted by Gasteiger charge is -2.25. The lowest BCUT2D eigenvalue weighted by Crippen LogP contribution is -2.35. The normalized spacial score (nSPS) is 12.1. The molecule has 0 atom stereocenters. The van der Waals surface area contributed by atoms with Crippen LogP contribution in [-0.2, 0) is 10.0 Å². The summed E-state index contributed by atoms with van der Waals surface area (Å²) < 4.78 is 27.1. The van der Waals surface area contributed by atoms with E-state index in [9.17, 15) is 8.42 Å². The summed E-state index contributed by atoms with van der Waals surface area (Å²) in [5.74, 6) is 0.388. The van der Waals surface area contributed by atoms with Crippen LogP contribution in [0.1, 0.15) is 33.6 Å². The fraction of sp³-hybridized carbons (Fsp3) is 0.643. The predicted octanol–water partition coefficient (Wildman–Crippen LogP) is 2.57. The van der Waals surface area contributed by atoms with Crippen LogP contribution < -0.4 is 5.32 Å². The number of nitrogens with one attached hydrogen (secondary N) is 1. The Morgan fingerprint density at radius 2 is 1.95 bits per heavy atom. The summed E-state index contributed by atoms with van der Waals surface area (Å²) in [5.41, 5.74) is 0.586. The quantitative estimate of drug-likeness (QED) is 0.801. The summed E-state index contributed by atoms with van der Waals surface area (Å²) in [6.45, 7) is 7.09. The van der Waals surface area contributed by atoms with Crippen LogP contribution >= 0.6 is 0 Å². The number of aromatic nitrogens is 1. The van der Waals surface area contributed by atoms with Crippen LogP contribution in [0.3, 0.4) is 0 Å². The van der Waals surface area contributed by atoms with Gasteiger partial charge in [-0.1, -0.05) is 33.6 Å². The number of sulfonamides is 1. The zero-order chi connectivity index (χ0) is 15.2. The van der Waals surface area contributed by atoms with Crippen molar-refractivity contribution in [2.45, 2.75) is 38.5 Å². The number of hydrogen-bond acceptors (Lipinski definition) is 4. The molecule has 0 aromatic carbocycles. The SMILES string of the molecule is CCC(CC)CN(CC)S(=O)(=O)c1cnccc1NC. The molecule has 5 nitrogen and oxygen atoms in total. The van der Waals surface area contributed by atoms with E-state index < -0.39 is 10.0 Å². The van der Waals surface area contributed by atoms with Gasteiger partial charge in [-0.15, -0.1) is 0 Å². The van der Waals surface area contributed by atoms with E-state index in [2.05, 4.69) is 24.1 Å². The van der Waals surface area contributed by atoms with E-state index in [-0.39, 0.29) is 4.90 Å². The third-order valence-corrected chi connectivity index (χ3v) is 5.61. The van der Waals surface area contributed by atoms with Gasteiger partial charge in [0, 0.05) is 32.5 Å². The summed E-state index contributed by atoms with van der Waals surface area (Å²) in [4.78, 5) is 4.20. The van der Waals surface area contributed by atoms with Gasteiger partial charge in [0.25, 0.3) is 0 Å².